The number of nitrogens with two attached hydrogens (primary N) is 1. The maximum atomic E-state index is 11.7. The van der Waals surface area contributed by atoms with Gasteiger partial charge in [-0.25, -0.2) is 0 Å². The fraction of sp³-hybridized carbons (Fsp3) is 0.417. The largest absolute Gasteiger partial charge is 0.360 e. The lowest BCUT2D eigenvalue weighted by atomic mass is 10.2. The van der Waals surface area contributed by atoms with E-state index in [1.807, 2.05) is 13.8 Å². The Kier molecular flexibility index (Phi) is 5.27. The molecule has 1 aromatic rings. The first kappa shape index (κ1) is 15.7. The Bertz CT molecular complexity index is 504. The van der Waals surface area contributed by atoms with Gasteiger partial charge in [0.1, 0.15) is 11.4 Å². The zero-order valence-electron chi connectivity index (χ0n) is 11.7. The number of carbonyl (C=O) groups excluding carboxylic acids is 1. The predicted octanol–water partition coefficient (Wildman–Crippen LogP) is 0.841. The van der Waals surface area contributed by atoms with Crippen LogP contribution in [0, 0.1) is 10.1 Å². The quantitative estimate of drug-likeness (QED) is 0.404. The Morgan fingerprint density at radius 3 is 2.65 bits per heavy atom. The van der Waals surface area contributed by atoms with Crippen molar-refractivity contribution in [3.05, 3.63) is 28.3 Å². The number of likely N-dealkylation sites (N-methyl/N-ethyl adjacent to an activating group) is 1. The highest BCUT2D eigenvalue weighted by Gasteiger charge is 2.22. The van der Waals surface area contributed by atoms with Gasteiger partial charge in [0.2, 0.25) is 5.91 Å². The van der Waals surface area contributed by atoms with Gasteiger partial charge in [-0.3, -0.25) is 20.8 Å². The van der Waals surface area contributed by atoms with Crippen LogP contribution in [0.1, 0.15) is 13.8 Å². The molecule has 0 aromatic heterocycles. The lowest BCUT2D eigenvalue weighted by Gasteiger charge is -2.20. The zero-order chi connectivity index (χ0) is 15.3. The Hall–Kier alpha value is -2.35. The van der Waals surface area contributed by atoms with Crippen LogP contribution in [0.4, 0.5) is 17.1 Å². The van der Waals surface area contributed by atoms with Gasteiger partial charge in [-0.05, 0) is 26.0 Å². The van der Waals surface area contributed by atoms with Crippen LogP contribution in [-0.4, -0.2) is 30.5 Å². The summed E-state index contributed by atoms with van der Waals surface area (Å²) in [5.41, 5.74) is 2.65. The maximum Gasteiger partial charge on any atom is 0.316 e. The van der Waals surface area contributed by atoms with Crippen LogP contribution < -0.4 is 21.5 Å². The van der Waals surface area contributed by atoms with Crippen LogP contribution in [0.2, 0.25) is 0 Å². The molecule has 0 unspecified atom stereocenters. The van der Waals surface area contributed by atoms with Gasteiger partial charge >= 0.3 is 5.69 Å². The van der Waals surface area contributed by atoms with Crippen molar-refractivity contribution in [1.29, 1.82) is 0 Å². The second kappa shape index (κ2) is 6.71. The maximum absolute atomic E-state index is 11.7. The molecule has 0 bridgehead atoms. The van der Waals surface area contributed by atoms with Crippen molar-refractivity contribution in [3.8, 4) is 0 Å². The molecule has 0 saturated carbocycles. The number of hydrazine groups is 1. The summed E-state index contributed by atoms with van der Waals surface area (Å²) in [6.45, 7) is 3.71. The Balaban J connectivity index is 3.01. The number of nitro benzene ring substituents is 1. The molecule has 110 valence electrons. The van der Waals surface area contributed by atoms with E-state index in [0.29, 0.717) is 5.69 Å². The molecule has 0 saturated heterocycles. The average Bonchev–Trinajstić information content (AvgIpc) is 2.36. The number of nitrogen functional groups attached to an aromatic ring is 1. The first-order valence-electron chi connectivity index (χ1n) is 6.11. The van der Waals surface area contributed by atoms with E-state index in [1.165, 1.54) is 11.0 Å². The highest BCUT2D eigenvalue weighted by molar-refractivity contribution is 5.84. The molecular weight excluding hydrogens is 262 g/mol. The molecule has 0 fully saturated rings. The van der Waals surface area contributed by atoms with Crippen molar-refractivity contribution in [2.24, 2.45) is 5.84 Å². The van der Waals surface area contributed by atoms with Gasteiger partial charge in [0.05, 0.1) is 11.5 Å². The number of carbonyl (C=O) groups is 1. The summed E-state index contributed by atoms with van der Waals surface area (Å²) in [4.78, 5) is 23.8. The minimum Gasteiger partial charge on any atom is -0.360 e. The molecular formula is C12H19N5O3. The lowest BCUT2D eigenvalue weighted by molar-refractivity contribution is -0.383. The van der Waals surface area contributed by atoms with E-state index >= 15 is 0 Å². The third-order valence-corrected chi connectivity index (χ3v) is 2.59. The van der Waals surface area contributed by atoms with Crippen LogP contribution in [-0.2, 0) is 4.79 Å². The predicted molar refractivity (Wildman–Crippen MR) is 77.5 cm³/mol. The molecule has 20 heavy (non-hydrogen) atoms. The molecule has 0 aliphatic carbocycles. The first-order chi connectivity index (χ1) is 9.36. The molecule has 0 aliphatic rings. The Morgan fingerprint density at radius 2 is 2.15 bits per heavy atom. The molecule has 1 rings (SSSR count). The van der Waals surface area contributed by atoms with Gasteiger partial charge in [-0.15, -0.1) is 0 Å². The normalized spacial score (nSPS) is 10.2. The van der Waals surface area contributed by atoms with Crippen LogP contribution in [0.25, 0.3) is 0 Å². The van der Waals surface area contributed by atoms with Gasteiger partial charge in [0.15, 0.2) is 0 Å². The van der Waals surface area contributed by atoms with E-state index in [9.17, 15) is 14.9 Å². The van der Waals surface area contributed by atoms with Crippen LogP contribution >= 0.6 is 0 Å². The molecule has 8 heteroatoms. The third kappa shape index (κ3) is 3.82. The number of nitro groups is 1. The van der Waals surface area contributed by atoms with Gasteiger partial charge in [-0.2, -0.15) is 0 Å². The number of rotatable bonds is 6. The molecule has 1 amide bonds. The Morgan fingerprint density at radius 1 is 1.50 bits per heavy atom. The standard InChI is InChI=1S/C12H19N5O3/c1-8(2)14-11(18)7-16(3)10-6-4-5-9(15-13)12(10)17(19)20/h4-6,8,15H,7,13H2,1-3H3,(H,14,18). The second-order valence-electron chi connectivity index (χ2n) is 4.65. The number of nitrogens with one attached hydrogen (secondary N) is 2. The van der Waals surface area contributed by atoms with Crippen LogP contribution in [0.15, 0.2) is 18.2 Å². The summed E-state index contributed by atoms with van der Waals surface area (Å²) in [6, 6.07) is 4.72. The highest BCUT2D eigenvalue weighted by Crippen LogP contribution is 2.34. The number of nitrogens with zero attached hydrogens (tertiary/aromatic N) is 2. The first-order valence-corrected chi connectivity index (χ1v) is 6.11. The number of benzene rings is 1. The molecule has 0 aliphatic heterocycles. The van der Waals surface area contributed by atoms with E-state index in [2.05, 4.69) is 10.7 Å². The van der Waals surface area contributed by atoms with Crippen LogP contribution in [0.5, 0.6) is 0 Å². The SMILES string of the molecule is CC(C)NC(=O)CN(C)c1cccc(NN)c1[N+](=O)[O-]. The van der Waals surface area contributed by atoms with Gasteiger partial charge in [-0.1, -0.05) is 6.07 Å². The number of hydrogen-bond acceptors (Lipinski definition) is 6. The zero-order valence-corrected chi connectivity index (χ0v) is 11.7. The van der Waals surface area contributed by atoms with Crippen molar-refractivity contribution < 1.29 is 9.72 Å². The summed E-state index contributed by atoms with van der Waals surface area (Å²) in [6.07, 6.45) is 0. The minimum atomic E-state index is -0.526. The Labute approximate surface area is 117 Å². The van der Waals surface area contributed by atoms with E-state index in [-0.39, 0.29) is 29.9 Å². The van der Waals surface area contributed by atoms with Gasteiger partial charge in [0.25, 0.3) is 0 Å². The molecule has 0 radical (unpaired) electrons. The fourth-order valence-electron chi connectivity index (χ4n) is 1.82. The summed E-state index contributed by atoms with van der Waals surface area (Å²) in [7, 11) is 1.61. The van der Waals surface area contributed by atoms with Gasteiger partial charge < -0.3 is 15.6 Å². The van der Waals surface area contributed by atoms with E-state index in [0.717, 1.165) is 0 Å². The molecule has 1 aromatic carbocycles. The van der Waals surface area contributed by atoms with Crippen molar-refractivity contribution in [3.63, 3.8) is 0 Å². The summed E-state index contributed by atoms with van der Waals surface area (Å²) in [5, 5.41) is 13.9. The molecule has 0 atom stereocenters. The average molecular weight is 281 g/mol. The monoisotopic (exact) mass is 281 g/mol. The fourth-order valence-corrected chi connectivity index (χ4v) is 1.82. The third-order valence-electron chi connectivity index (χ3n) is 2.59. The van der Waals surface area contributed by atoms with Crippen molar-refractivity contribution >= 4 is 23.0 Å². The lowest BCUT2D eigenvalue weighted by Crippen LogP contribution is -2.38. The summed E-state index contributed by atoms with van der Waals surface area (Å²) < 4.78 is 0. The number of para-hydroxylation sites is 1. The van der Waals surface area contributed by atoms with Crippen molar-refractivity contribution in [2.45, 2.75) is 19.9 Å². The topological polar surface area (TPSA) is 114 Å². The van der Waals surface area contributed by atoms with Gasteiger partial charge in [0, 0.05) is 13.1 Å². The molecule has 4 N–H and O–H groups in total. The number of amides is 1. The second-order valence-corrected chi connectivity index (χ2v) is 4.65. The van der Waals surface area contributed by atoms with E-state index in [4.69, 9.17) is 5.84 Å². The summed E-state index contributed by atoms with van der Waals surface area (Å²) in [5.74, 6) is 5.07. The molecule has 8 nitrogen and oxygen atoms in total. The van der Waals surface area contributed by atoms with Crippen molar-refractivity contribution in [2.75, 3.05) is 23.9 Å². The number of hydrogen-bond donors (Lipinski definition) is 3. The smallest absolute Gasteiger partial charge is 0.316 e. The minimum absolute atomic E-state index is 0.0166. The van der Waals surface area contributed by atoms with Crippen LogP contribution in [0.3, 0.4) is 0 Å². The van der Waals surface area contributed by atoms with E-state index < -0.39 is 4.92 Å². The van der Waals surface area contributed by atoms with Crippen molar-refractivity contribution in [1.82, 2.24) is 5.32 Å². The van der Waals surface area contributed by atoms with E-state index in [1.54, 1.807) is 19.2 Å². The summed E-state index contributed by atoms with van der Waals surface area (Å²) >= 11 is 0. The number of anilines is 2. The molecule has 0 spiro atoms. The molecule has 0 heterocycles. The highest BCUT2D eigenvalue weighted by atomic mass is 16.6.